The second kappa shape index (κ2) is 5.86. The fourth-order valence-electron chi connectivity index (χ4n) is 2.63. The molecule has 0 aliphatic carbocycles. The summed E-state index contributed by atoms with van der Waals surface area (Å²) >= 11 is 5.88. The van der Waals surface area contributed by atoms with Gasteiger partial charge in [0, 0.05) is 35.2 Å². The Morgan fingerprint density at radius 1 is 1.26 bits per heavy atom. The highest BCUT2D eigenvalue weighted by Gasteiger charge is 2.36. The van der Waals surface area contributed by atoms with Gasteiger partial charge in [-0.1, -0.05) is 11.6 Å². The molecule has 1 aliphatic heterocycles. The molecule has 1 N–H and O–H groups in total. The predicted molar refractivity (Wildman–Crippen MR) is 80.9 cm³/mol. The van der Waals surface area contributed by atoms with Crippen molar-refractivity contribution in [1.29, 1.82) is 0 Å². The summed E-state index contributed by atoms with van der Waals surface area (Å²) in [7, 11) is 0. The van der Waals surface area contributed by atoms with Crippen LogP contribution in [0.4, 0.5) is 8.78 Å². The van der Waals surface area contributed by atoms with E-state index >= 15 is 0 Å². The summed E-state index contributed by atoms with van der Waals surface area (Å²) in [4.78, 5) is 15.5. The summed E-state index contributed by atoms with van der Waals surface area (Å²) in [5.74, 6) is -1.84. The molecule has 1 amide bonds. The normalized spacial score (nSPS) is 21.1. The number of nitrogens with zero attached hydrogens (tertiary/aromatic N) is 1. The van der Waals surface area contributed by atoms with Crippen LogP contribution in [0.3, 0.4) is 0 Å². The largest absolute Gasteiger partial charge is 0.369 e. The van der Waals surface area contributed by atoms with Crippen molar-refractivity contribution in [2.45, 2.75) is 12.5 Å². The Hall–Kier alpha value is -2.05. The van der Waals surface area contributed by atoms with E-state index in [0.29, 0.717) is 10.6 Å². The van der Waals surface area contributed by atoms with Crippen LogP contribution in [0.5, 0.6) is 0 Å². The zero-order valence-corrected chi connectivity index (χ0v) is 13.0. The third-order valence-electron chi connectivity index (χ3n) is 3.71. The monoisotopic (exact) mass is 338 g/mol. The fourth-order valence-corrected chi connectivity index (χ4v) is 2.80. The van der Waals surface area contributed by atoms with E-state index in [9.17, 15) is 13.6 Å². The number of hydrogen-bond acceptors (Lipinski definition) is 3. The maximum atomic E-state index is 14.3. The number of ether oxygens (including phenoxy) is 1. The molecule has 120 valence electrons. The van der Waals surface area contributed by atoms with Crippen molar-refractivity contribution < 1.29 is 18.3 Å². The van der Waals surface area contributed by atoms with E-state index in [4.69, 9.17) is 16.3 Å². The van der Waals surface area contributed by atoms with Crippen molar-refractivity contribution in [3.8, 4) is 11.1 Å². The highest BCUT2D eigenvalue weighted by atomic mass is 35.5. The molecule has 1 unspecified atom stereocenters. The molecule has 2 heterocycles. The maximum Gasteiger partial charge on any atom is 0.246 e. The van der Waals surface area contributed by atoms with Gasteiger partial charge in [0.15, 0.2) is 0 Å². The molecule has 1 fully saturated rings. The zero-order chi connectivity index (χ0) is 16.6. The first-order valence-corrected chi connectivity index (χ1v) is 7.26. The van der Waals surface area contributed by atoms with Crippen molar-refractivity contribution in [2.75, 3.05) is 13.2 Å². The minimum Gasteiger partial charge on any atom is -0.369 e. The lowest BCUT2D eigenvalue weighted by Gasteiger charge is -2.35. The van der Waals surface area contributed by atoms with E-state index in [1.165, 1.54) is 24.5 Å². The zero-order valence-electron chi connectivity index (χ0n) is 12.2. The quantitative estimate of drug-likeness (QED) is 0.915. The Bertz CT molecular complexity index is 785. The summed E-state index contributed by atoms with van der Waals surface area (Å²) in [5, 5.41) is 3.03. The number of hydrogen-bond donors (Lipinski definition) is 1. The minimum atomic E-state index is -1.08. The van der Waals surface area contributed by atoms with Crippen LogP contribution in [0.2, 0.25) is 5.02 Å². The molecule has 0 saturated carbocycles. The van der Waals surface area contributed by atoms with E-state index in [1.807, 2.05) is 0 Å². The number of benzene rings is 1. The Labute approximate surface area is 136 Å². The van der Waals surface area contributed by atoms with E-state index < -0.39 is 17.2 Å². The average Bonchev–Trinajstić information content (AvgIpc) is 2.46. The number of halogens is 3. The molecular weight excluding hydrogens is 326 g/mol. The molecule has 0 spiro atoms. The number of pyridine rings is 1. The SMILES string of the molecule is CC1(c2cc(-c3cncc(Cl)c3)c(F)cc2F)COCC(=O)N1. The number of rotatable bonds is 2. The van der Waals surface area contributed by atoms with Gasteiger partial charge < -0.3 is 10.1 Å². The van der Waals surface area contributed by atoms with Crippen LogP contribution in [0.1, 0.15) is 12.5 Å². The number of carbonyl (C=O) groups is 1. The fraction of sp³-hybridized carbons (Fsp3) is 0.250. The van der Waals surface area contributed by atoms with Crippen molar-refractivity contribution in [3.05, 3.63) is 52.8 Å². The van der Waals surface area contributed by atoms with E-state index in [-0.39, 0.29) is 30.2 Å². The first kappa shape index (κ1) is 15.8. The molecule has 3 rings (SSSR count). The Balaban J connectivity index is 2.12. The molecule has 1 aromatic heterocycles. The number of aromatic nitrogens is 1. The number of nitrogens with one attached hydrogen (secondary N) is 1. The summed E-state index contributed by atoms with van der Waals surface area (Å²) in [5.41, 5.74) is -0.365. The summed E-state index contributed by atoms with van der Waals surface area (Å²) in [6.45, 7) is 1.64. The van der Waals surface area contributed by atoms with Crippen molar-refractivity contribution in [2.24, 2.45) is 0 Å². The Morgan fingerprint density at radius 2 is 2.04 bits per heavy atom. The van der Waals surface area contributed by atoms with Gasteiger partial charge in [0.2, 0.25) is 5.91 Å². The highest BCUT2D eigenvalue weighted by molar-refractivity contribution is 6.30. The van der Waals surface area contributed by atoms with E-state index in [1.54, 1.807) is 6.92 Å². The minimum absolute atomic E-state index is 0.0799. The second-order valence-corrected chi connectivity index (χ2v) is 6.01. The van der Waals surface area contributed by atoms with Gasteiger partial charge >= 0.3 is 0 Å². The lowest BCUT2D eigenvalue weighted by Crippen LogP contribution is -2.53. The van der Waals surface area contributed by atoms with Crippen LogP contribution in [-0.4, -0.2) is 24.1 Å². The summed E-state index contributed by atoms with van der Waals surface area (Å²) < 4.78 is 33.7. The molecule has 2 aromatic rings. The Morgan fingerprint density at radius 3 is 2.74 bits per heavy atom. The third kappa shape index (κ3) is 3.04. The molecule has 0 radical (unpaired) electrons. The highest BCUT2D eigenvalue weighted by Crippen LogP contribution is 2.33. The topological polar surface area (TPSA) is 51.2 Å². The van der Waals surface area contributed by atoms with Gasteiger partial charge in [0.1, 0.15) is 18.2 Å². The molecule has 1 saturated heterocycles. The van der Waals surface area contributed by atoms with Gasteiger partial charge in [0.25, 0.3) is 0 Å². The number of amides is 1. The van der Waals surface area contributed by atoms with Crippen LogP contribution in [0, 0.1) is 11.6 Å². The van der Waals surface area contributed by atoms with Crippen LogP contribution in [0.15, 0.2) is 30.6 Å². The van der Waals surface area contributed by atoms with Crippen molar-refractivity contribution >= 4 is 17.5 Å². The van der Waals surface area contributed by atoms with Gasteiger partial charge in [0.05, 0.1) is 17.2 Å². The molecule has 23 heavy (non-hydrogen) atoms. The predicted octanol–water partition coefficient (Wildman–Crippen LogP) is 3.04. The number of carbonyl (C=O) groups excluding carboxylic acids is 1. The molecule has 1 aromatic carbocycles. The van der Waals surface area contributed by atoms with Crippen LogP contribution in [-0.2, 0) is 15.1 Å². The lowest BCUT2D eigenvalue weighted by atomic mass is 9.88. The van der Waals surface area contributed by atoms with E-state index in [2.05, 4.69) is 10.3 Å². The van der Waals surface area contributed by atoms with Gasteiger partial charge in [-0.05, 0) is 19.1 Å². The van der Waals surface area contributed by atoms with Crippen LogP contribution >= 0.6 is 11.6 Å². The summed E-state index contributed by atoms with van der Waals surface area (Å²) in [6.07, 6.45) is 2.86. The second-order valence-electron chi connectivity index (χ2n) is 5.58. The van der Waals surface area contributed by atoms with Crippen LogP contribution in [0.25, 0.3) is 11.1 Å². The molecule has 4 nitrogen and oxygen atoms in total. The van der Waals surface area contributed by atoms with E-state index in [0.717, 1.165) is 6.07 Å². The van der Waals surface area contributed by atoms with Gasteiger partial charge in [-0.15, -0.1) is 0 Å². The van der Waals surface area contributed by atoms with Gasteiger partial charge in [-0.2, -0.15) is 0 Å². The maximum absolute atomic E-state index is 14.3. The standard InChI is InChI=1S/C16H13ClF2N2O2/c1-16(8-23-7-15(22)21-16)12-3-11(13(18)4-14(12)19)9-2-10(17)6-20-5-9/h2-6H,7-8H2,1H3,(H,21,22). The molecule has 1 aliphatic rings. The molecule has 7 heteroatoms. The first-order valence-electron chi connectivity index (χ1n) is 6.88. The van der Waals surface area contributed by atoms with Gasteiger partial charge in [-0.3, -0.25) is 9.78 Å². The lowest BCUT2D eigenvalue weighted by molar-refractivity contribution is -0.135. The van der Waals surface area contributed by atoms with Crippen molar-refractivity contribution in [3.63, 3.8) is 0 Å². The molecule has 1 atom stereocenters. The van der Waals surface area contributed by atoms with Crippen LogP contribution < -0.4 is 5.32 Å². The Kier molecular flexibility index (Phi) is 4.04. The molecular formula is C16H13ClF2N2O2. The number of morpholine rings is 1. The average molecular weight is 339 g/mol. The van der Waals surface area contributed by atoms with Crippen molar-refractivity contribution in [1.82, 2.24) is 10.3 Å². The van der Waals surface area contributed by atoms with Gasteiger partial charge in [-0.25, -0.2) is 8.78 Å². The molecule has 0 bridgehead atoms. The smallest absolute Gasteiger partial charge is 0.246 e. The first-order chi connectivity index (χ1) is 10.9. The third-order valence-corrected chi connectivity index (χ3v) is 3.91. The summed E-state index contributed by atoms with van der Waals surface area (Å²) in [6, 6.07) is 3.68.